The number of urea groups is 1. The van der Waals surface area contributed by atoms with E-state index in [1.54, 1.807) is 0 Å². The lowest BCUT2D eigenvalue weighted by Gasteiger charge is -2.22. The minimum atomic E-state index is -0.153. The smallest absolute Gasteiger partial charge is 0.319 e. The van der Waals surface area contributed by atoms with Crippen LogP contribution in [0.15, 0.2) is 24.3 Å². The zero-order chi connectivity index (χ0) is 18.4. The summed E-state index contributed by atoms with van der Waals surface area (Å²) in [5.74, 6) is 0.784. The van der Waals surface area contributed by atoms with E-state index in [-0.39, 0.29) is 18.0 Å². The molecule has 3 amide bonds. The molecule has 4 N–H and O–H groups in total. The molecule has 1 saturated heterocycles. The highest BCUT2D eigenvalue weighted by molar-refractivity contribution is 5.89. The number of rotatable bonds is 7. The van der Waals surface area contributed by atoms with Gasteiger partial charge in [0.1, 0.15) is 0 Å². The molecular weight excluding hydrogens is 328 g/mol. The van der Waals surface area contributed by atoms with Crippen LogP contribution in [-0.4, -0.2) is 31.1 Å². The van der Waals surface area contributed by atoms with Crippen molar-refractivity contribution in [2.45, 2.75) is 57.5 Å². The molecule has 6 heteroatoms. The zero-order valence-electron chi connectivity index (χ0n) is 15.5. The SMILES string of the molecule is CC(NC(=O)CCC1CCNCC1)c1ccc(NC(=O)NC2CC2)cc1. The molecule has 1 saturated carbocycles. The molecule has 3 rings (SSSR count). The maximum atomic E-state index is 12.2. The van der Waals surface area contributed by atoms with Crippen LogP contribution in [0.4, 0.5) is 10.5 Å². The summed E-state index contributed by atoms with van der Waals surface area (Å²) in [5.41, 5.74) is 1.80. The molecule has 0 radical (unpaired) electrons. The van der Waals surface area contributed by atoms with Crippen molar-refractivity contribution in [1.29, 1.82) is 0 Å². The number of carbonyl (C=O) groups is 2. The van der Waals surface area contributed by atoms with Crippen LogP contribution in [0.2, 0.25) is 0 Å². The molecule has 1 heterocycles. The van der Waals surface area contributed by atoms with Gasteiger partial charge in [-0.25, -0.2) is 4.79 Å². The third kappa shape index (κ3) is 6.02. The minimum Gasteiger partial charge on any atom is -0.350 e. The van der Waals surface area contributed by atoms with E-state index >= 15 is 0 Å². The van der Waals surface area contributed by atoms with Crippen LogP contribution in [0.5, 0.6) is 0 Å². The zero-order valence-corrected chi connectivity index (χ0v) is 15.5. The first-order chi connectivity index (χ1) is 12.6. The fraction of sp³-hybridized carbons (Fsp3) is 0.600. The van der Waals surface area contributed by atoms with Gasteiger partial charge in [-0.15, -0.1) is 0 Å². The van der Waals surface area contributed by atoms with Gasteiger partial charge in [0, 0.05) is 18.2 Å². The van der Waals surface area contributed by atoms with Gasteiger partial charge >= 0.3 is 6.03 Å². The van der Waals surface area contributed by atoms with Crippen molar-refractivity contribution in [3.63, 3.8) is 0 Å². The monoisotopic (exact) mass is 358 g/mol. The molecule has 1 aliphatic carbocycles. The van der Waals surface area contributed by atoms with Crippen molar-refractivity contribution < 1.29 is 9.59 Å². The summed E-state index contributed by atoms with van der Waals surface area (Å²) in [4.78, 5) is 23.9. The van der Waals surface area contributed by atoms with E-state index in [1.165, 1.54) is 12.8 Å². The molecule has 2 aliphatic rings. The summed E-state index contributed by atoms with van der Waals surface area (Å²) in [5, 5.41) is 12.2. The summed E-state index contributed by atoms with van der Waals surface area (Å²) in [7, 11) is 0. The predicted molar refractivity (Wildman–Crippen MR) is 103 cm³/mol. The Morgan fingerprint density at radius 2 is 1.81 bits per heavy atom. The number of hydrogen-bond acceptors (Lipinski definition) is 3. The minimum absolute atomic E-state index is 0.0372. The first kappa shape index (κ1) is 18.7. The van der Waals surface area contributed by atoms with E-state index in [0.717, 1.165) is 43.6 Å². The molecule has 0 spiro atoms. The van der Waals surface area contributed by atoms with E-state index < -0.39 is 0 Å². The number of carbonyl (C=O) groups excluding carboxylic acids is 2. The summed E-state index contributed by atoms with van der Waals surface area (Å²) in [6, 6.07) is 7.80. The van der Waals surface area contributed by atoms with E-state index in [1.807, 2.05) is 31.2 Å². The molecule has 1 aromatic rings. The quantitative estimate of drug-likeness (QED) is 0.605. The maximum absolute atomic E-state index is 12.2. The first-order valence-corrected chi connectivity index (χ1v) is 9.77. The fourth-order valence-corrected chi connectivity index (χ4v) is 3.34. The lowest BCUT2D eigenvalue weighted by Crippen LogP contribution is -2.30. The van der Waals surface area contributed by atoms with Crippen molar-refractivity contribution >= 4 is 17.6 Å². The van der Waals surface area contributed by atoms with E-state index in [4.69, 9.17) is 0 Å². The molecule has 1 aromatic carbocycles. The first-order valence-electron chi connectivity index (χ1n) is 9.77. The largest absolute Gasteiger partial charge is 0.350 e. The summed E-state index contributed by atoms with van der Waals surface area (Å²) < 4.78 is 0. The van der Waals surface area contributed by atoms with Crippen molar-refractivity contribution in [3.05, 3.63) is 29.8 Å². The normalized spacial score (nSPS) is 18.8. The average molecular weight is 358 g/mol. The standard InChI is InChI=1S/C20H30N4O2/c1-14(22-19(25)9-2-15-10-12-21-13-11-15)16-3-5-17(6-4-16)23-20(26)24-18-7-8-18/h3-6,14-15,18,21H,2,7-13H2,1H3,(H,22,25)(H2,23,24,26). The topological polar surface area (TPSA) is 82.3 Å². The Labute approximate surface area is 155 Å². The van der Waals surface area contributed by atoms with Crippen molar-refractivity contribution in [1.82, 2.24) is 16.0 Å². The number of nitrogens with one attached hydrogen (secondary N) is 4. The lowest BCUT2D eigenvalue weighted by atomic mass is 9.93. The summed E-state index contributed by atoms with van der Waals surface area (Å²) in [6.45, 7) is 4.13. The second-order valence-corrected chi connectivity index (χ2v) is 7.52. The molecule has 6 nitrogen and oxygen atoms in total. The van der Waals surface area contributed by atoms with Crippen LogP contribution in [-0.2, 0) is 4.79 Å². The van der Waals surface area contributed by atoms with Gasteiger partial charge in [-0.2, -0.15) is 0 Å². The molecule has 0 bridgehead atoms. The highest BCUT2D eigenvalue weighted by atomic mass is 16.2. The van der Waals surface area contributed by atoms with Gasteiger partial charge in [0.2, 0.25) is 5.91 Å². The number of hydrogen-bond donors (Lipinski definition) is 4. The van der Waals surface area contributed by atoms with Gasteiger partial charge in [0.25, 0.3) is 0 Å². The van der Waals surface area contributed by atoms with Crippen LogP contribution in [0.3, 0.4) is 0 Å². The molecular formula is C20H30N4O2. The van der Waals surface area contributed by atoms with Crippen molar-refractivity contribution in [2.24, 2.45) is 5.92 Å². The molecule has 1 unspecified atom stereocenters. The number of piperidine rings is 1. The van der Waals surface area contributed by atoms with Crippen LogP contribution in [0, 0.1) is 5.92 Å². The number of anilines is 1. The Hall–Kier alpha value is -2.08. The average Bonchev–Trinajstić information content (AvgIpc) is 3.45. The van der Waals surface area contributed by atoms with Crippen LogP contribution < -0.4 is 21.3 Å². The van der Waals surface area contributed by atoms with Gasteiger partial charge in [-0.1, -0.05) is 12.1 Å². The molecule has 2 fully saturated rings. The highest BCUT2D eigenvalue weighted by Crippen LogP contribution is 2.20. The van der Waals surface area contributed by atoms with Crippen LogP contribution >= 0.6 is 0 Å². The third-order valence-electron chi connectivity index (χ3n) is 5.20. The second-order valence-electron chi connectivity index (χ2n) is 7.52. The van der Waals surface area contributed by atoms with Crippen molar-refractivity contribution in [3.8, 4) is 0 Å². The highest BCUT2D eigenvalue weighted by Gasteiger charge is 2.23. The molecule has 142 valence electrons. The second kappa shape index (κ2) is 9.03. The summed E-state index contributed by atoms with van der Waals surface area (Å²) in [6.07, 6.45) is 6.05. The fourth-order valence-electron chi connectivity index (χ4n) is 3.34. The van der Waals surface area contributed by atoms with Gasteiger partial charge in [0.05, 0.1) is 6.04 Å². The molecule has 1 aliphatic heterocycles. The molecule has 1 atom stereocenters. The Morgan fingerprint density at radius 1 is 1.12 bits per heavy atom. The van der Waals surface area contributed by atoms with E-state index in [2.05, 4.69) is 21.3 Å². The predicted octanol–water partition coefficient (Wildman–Crippen LogP) is 2.93. The van der Waals surface area contributed by atoms with Gasteiger partial charge in [-0.05, 0) is 75.7 Å². The number of amides is 3. The third-order valence-corrected chi connectivity index (χ3v) is 5.20. The van der Waals surface area contributed by atoms with Crippen LogP contribution in [0.25, 0.3) is 0 Å². The number of benzene rings is 1. The van der Waals surface area contributed by atoms with Gasteiger partial charge in [0.15, 0.2) is 0 Å². The van der Waals surface area contributed by atoms with Gasteiger partial charge < -0.3 is 21.3 Å². The van der Waals surface area contributed by atoms with Gasteiger partial charge in [-0.3, -0.25) is 4.79 Å². The van der Waals surface area contributed by atoms with E-state index in [9.17, 15) is 9.59 Å². The Balaban J connectivity index is 1.40. The van der Waals surface area contributed by atoms with Crippen molar-refractivity contribution in [2.75, 3.05) is 18.4 Å². The van der Waals surface area contributed by atoms with E-state index in [0.29, 0.717) is 18.4 Å². The lowest BCUT2D eigenvalue weighted by molar-refractivity contribution is -0.122. The Morgan fingerprint density at radius 3 is 2.46 bits per heavy atom. The molecule has 26 heavy (non-hydrogen) atoms. The van der Waals surface area contributed by atoms with Crippen LogP contribution in [0.1, 0.15) is 57.1 Å². The Bertz CT molecular complexity index is 607. The molecule has 0 aromatic heterocycles. The maximum Gasteiger partial charge on any atom is 0.319 e. The Kier molecular flexibility index (Phi) is 6.50. The summed E-state index contributed by atoms with van der Waals surface area (Å²) >= 11 is 0.